The summed E-state index contributed by atoms with van der Waals surface area (Å²) < 4.78 is 26.0. The van der Waals surface area contributed by atoms with Crippen LogP contribution in [0.5, 0.6) is 0 Å². The molecule has 0 aromatic heterocycles. The van der Waals surface area contributed by atoms with Gasteiger partial charge in [-0.15, -0.1) is 0 Å². The molecule has 1 amide bonds. The summed E-state index contributed by atoms with van der Waals surface area (Å²) in [6.45, 7) is 5.46. The standard InChI is InChI=1S/C19H24N4O3S2/c1-13-5-7-17(8-6-13)28(25,26)23(4)12-18(24)21-22-19(27)20-16-10-14(2)9-15(3)11-16/h5-11H,12H2,1-4H3,(H,21,24)(H2,20,22,27). The minimum absolute atomic E-state index is 0.133. The van der Waals surface area contributed by atoms with Gasteiger partial charge < -0.3 is 5.32 Å². The third-order valence-electron chi connectivity index (χ3n) is 3.89. The van der Waals surface area contributed by atoms with E-state index >= 15 is 0 Å². The summed E-state index contributed by atoms with van der Waals surface area (Å²) in [4.78, 5) is 12.2. The van der Waals surface area contributed by atoms with Crippen LogP contribution in [0, 0.1) is 20.8 Å². The van der Waals surface area contributed by atoms with E-state index in [-0.39, 0.29) is 16.6 Å². The molecule has 7 nitrogen and oxygen atoms in total. The highest BCUT2D eigenvalue weighted by molar-refractivity contribution is 7.89. The van der Waals surface area contributed by atoms with Gasteiger partial charge in [-0.05, 0) is 68.4 Å². The molecule has 3 N–H and O–H groups in total. The average Bonchev–Trinajstić information content (AvgIpc) is 2.59. The van der Waals surface area contributed by atoms with Crippen molar-refractivity contribution in [1.82, 2.24) is 15.2 Å². The topological polar surface area (TPSA) is 90.5 Å². The minimum Gasteiger partial charge on any atom is -0.331 e. The lowest BCUT2D eigenvalue weighted by Crippen LogP contribution is -2.48. The van der Waals surface area contributed by atoms with Gasteiger partial charge in [0, 0.05) is 12.7 Å². The Balaban J connectivity index is 1.89. The largest absolute Gasteiger partial charge is 0.331 e. The number of hydrogen-bond donors (Lipinski definition) is 3. The number of thiocarbonyl (C=S) groups is 1. The van der Waals surface area contributed by atoms with E-state index in [1.807, 2.05) is 39.0 Å². The second-order valence-electron chi connectivity index (χ2n) is 6.58. The Morgan fingerprint density at radius 3 is 2.11 bits per heavy atom. The van der Waals surface area contributed by atoms with Gasteiger partial charge in [0.2, 0.25) is 10.0 Å². The molecule has 0 bridgehead atoms. The maximum Gasteiger partial charge on any atom is 0.253 e. The summed E-state index contributed by atoms with van der Waals surface area (Å²) in [7, 11) is -2.40. The van der Waals surface area contributed by atoms with E-state index in [1.54, 1.807) is 12.1 Å². The van der Waals surface area contributed by atoms with Crippen LogP contribution in [0.15, 0.2) is 47.4 Å². The van der Waals surface area contributed by atoms with E-state index in [0.717, 1.165) is 26.7 Å². The maximum atomic E-state index is 12.5. The number of aryl methyl sites for hydroxylation is 3. The van der Waals surface area contributed by atoms with E-state index in [9.17, 15) is 13.2 Å². The number of carbonyl (C=O) groups is 1. The van der Waals surface area contributed by atoms with Crippen LogP contribution < -0.4 is 16.2 Å². The van der Waals surface area contributed by atoms with Crippen LogP contribution in [0.25, 0.3) is 0 Å². The highest BCUT2D eigenvalue weighted by atomic mass is 32.2. The highest BCUT2D eigenvalue weighted by Crippen LogP contribution is 2.15. The van der Waals surface area contributed by atoms with Gasteiger partial charge in [0.05, 0.1) is 11.4 Å². The van der Waals surface area contributed by atoms with Crippen LogP contribution in [0.3, 0.4) is 0 Å². The number of benzene rings is 2. The molecule has 9 heteroatoms. The fourth-order valence-electron chi connectivity index (χ4n) is 2.55. The molecule has 0 aliphatic heterocycles. The first-order chi connectivity index (χ1) is 13.1. The third kappa shape index (κ3) is 6.01. The molecule has 0 fully saturated rings. The number of likely N-dealkylation sites (N-methyl/N-ethyl adjacent to an activating group) is 1. The predicted molar refractivity (Wildman–Crippen MR) is 114 cm³/mol. The smallest absolute Gasteiger partial charge is 0.253 e. The molecule has 0 unspecified atom stereocenters. The van der Waals surface area contributed by atoms with Crippen molar-refractivity contribution in [3.63, 3.8) is 0 Å². The zero-order chi connectivity index (χ0) is 20.9. The summed E-state index contributed by atoms with van der Waals surface area (Å²) in [6, 6.07) is 12.3. The van der Waals surface area contributed by atoms with Crippen LogP contribution in [-0.2, 0) is 14.8 Å². The van der Waals surface area contributed by atoms with Crippen molar-refractivity contribution in [2.45, 2.75) is 25.7 Å². The Bertz CT molecular complexity index is 953. The van der Waals surface area contributed by atoms with Crippen molar-refractivity contribution in [2.75, 3.05) is 18.9 Å². The number of sulfonamides is 1. The van der Waals surface area contributed by atoms with Gasteiger partial charge in [-0.1, -0.05) is 23.8 Å². The number of nitrogens with one attached hydrogen (secondary N) is 3. The average molecular weight is 421 g/mol. The molecule has 0 aliphatic carbocycles. The van der Waals surface area contributed by atoms with Gasteiger partial charge in [0.15, 0.2) is 5.11 Å². The lowest BCUT2D eigenvalue weighted by Gasteiger charge is -2.18. The Hall–Kier alpha value is -2.49. The lowest BCUT2D eigenvalue weighted by molar-refractivity contribution is -0.121. The van der Waals surface area contributed by atoms with Crippen LogP contribution in [0.4, 0.5) is 5.69 Å². The molecular weight excluding hydrogens is 396 g/mol. The Labute approximate surface area is 171 Å². The first kappa shape index (κ1) is 21.8. The van der Waals surface area contributed by atoms with E-state index in [1.165, 1.54) is 19.2 Å². The molecule has 2 rings (SSSR count). The molecule has 150 valence electrons. The highest BCUT2D eigenvalue weighted by Gasteiger charge is 2.22. The number of hydrogen-bond acceptors (Lipinski definition) is 4. The molecule has 2 aromatic carbocycles. The number of anilines is 1. The first-order valence-electron chi connectivity index (χ1n) is 8.55. The van der Waals surface area contributed by atoms with Gasteiger partial charge >= 0.3 is 0 Å². The van der Waals surface area contributed by atoms with Crippen molar-refractivity contribution in [3.8, 4) is 0 Å². The Morgan fingerprint density at radius 1 is 0.964 bits per heavy atom. The zero-order valence-corrected chi connectivity index (χ0v) is 17.9. The first-order valence-corrected chi connectivity index (χ1v) is 10.4. The molecule has 0 spiro atoms. The van der Waals surface area contributed by atoms with E-state index < -0.39 is 15.9 Å². The molecule has 2 aromatic rings. The molecule has 28 heavy (non-hydrogen) atoms. The summed E-state index contributed by atoms with van der Waals surface area (Å²) >= 11 is 5.15. The van der Waals surface area contributed by atoms with Crippen molar-refractivity contribution < 1.29 is 13.2 Å². The molecule has 0 aliphatic rings. The quantitative estimate of drug-likeness (QED) is 0.508. The van der Waals surface area contributed by atoms with Crippen molar-refractivity contribution in [2.24, 2.45) is 0 Å². The summed E-state index contributed by atoms with van der Waals surface area (Å²) in [6.07, 6.45) is 0. The molecule has 0 radical (unpaired) electrons. The van der Waals surface area contributed by atoms with Crippen LogP contribution in [0.2, 0.25) is 0 Å². The number of nitrogens with zero attached hydrogens (tertiary/aromatic N) is 1. The normalized spacial score (nSPS) is 11.2. The van der Waals surface area contributed by atoms with E-state index in [0.29, 0.717) is 0 Å². The SMILES string of the molecule is Cc1ccc(S(=O)(=O)N(C)CC(=O)NNC(=S)Nc2cc(C)cc(C)c2)cc1. The van der Waals surface area contributed by atoms with Gasteiger partial charge in [0.25, 0.3) is 5.91 Å². The summed E-state index contributed by atoms with van der Waals surface area (Å²) in [5.74, 6) is -0.539. The minimum atomic E-state index is -3.75. The molecule has 0 saturated carbocycles. The molecule has 0 saturated heterocycles. The monoisotopic (exact) mass is 420 g/mol. The number of amides is 1. The number of rotatable bonds is 5. The fraction of sp³-hybridized carbons (Fsp3) is 0.263. The van der Waals surface area contributed by atoms with Gasteiger partial charge in [-0.2, -0.15) is 4.31 Å². The molecular formula is C19H24N4O3S2. The van der Waals surface area contributed by atoms with Gasteiger partial charge in [-0.3, -0.25) is 15.6 Å². The van der Waals surface area contributed by atoms with Gasteiger partial charge in [-0.25, -0.2) is 8.42 Å². The second kappa shape index (κ2) is 9.13. The van der Waals surface area contributed by atoms with E-state index in [4.69, 9.17) is 12.2 Å². The van der Waals surface area contributed by atoms with Crippen LogP contribution in [-0.4, -0.2) is 37.3 Å². The maximum absolute atomic E-state index is 12.5. The van der Waals surface area contributed by atoms with Crippen LogP contribution in [0.1, 0.15) is 16.7 Å². The fourth-order valence-corrected chi connectivity index (χ4v) is 3.85. The van der Waals surface area contributed by atoms with E-state index in [2.05, 4.69) is 16.2 Å². The number of hydrazine groups is 1. The predicted octanol–water partition coefficient (Wildman–Crippen LogP) is 2.25. The Kier molecular flexibility index (Phi) is 7.11. The van der Waals surface area contributed by atoms with Crippen LogP contribution >= 0.6 is 12.2 Å². The van der Waals surface area contributed by atoms with Crippen molar-refractivity contribution in [1.29, 1.82) is 0 Å². The zero-order valence-electron chi connectivity index (χ0n) is 16.2. The number of carbonyl (C=O) groups excluding carboxylic acids is 1. The lowest BCUT2D eigenvalue weighted by atomic mass is 10.1. The van der Waals surface area contributed by atoms with Crippen molar-refractivity contribution in [3.05, 3.63) is 59.2 Å². The summed E-state index contributed by atoms with van der Waals surface area (Å²) in [5, 5.41) is 3.16. The Morgan fingerprint density at radius 2 is 1.54 bits per heavy atom. The molecule has 0 atom stereocenters. The second-order valence-corrected chi connectivity index (χ2v) is 9.03. The summed E-state index contributed by atoms with van der Waals surface area (Å²) in [5.41, 5.74) is 8.88. The third-order valence-corrected chi connectivity index (χ3v) is 5.91. The molecule has 0 heterocycles. The van der Waals surface area contributed by atoms with Crippen molar-refractivity contribution >= 4 is 38.9 Å². The van der Waals surface area contributed by atoms with Gasteiger partial charge in [0.1, 0.15) is 0 Å².